The van der Waals surface area contributed by atoms with Gasteiger partial charge in [0.15, 0.2) is 0 Å². The number of benzene rings is 1. The molecule has 0 spiro atoms. The Morgan fingerprint density at radius 2 is 2.10 bits per heavy atom. The largest absolute Gasteiger partial charge is 0.496 e. The Morgan fingerprint density at radius 3 is 2.65 bits per heavy atom. The quantitative estimate of drug-likeness (QED) is 0.901. The lowest BCUT2D eigenvalue weighted by atomic mass is 10.1. The predicted octanol–water partition coefficient (Wildman–Crippen LogP) is 3.04. The number of ether oxygens (including phenoxy) is 1. The van der Waals surface area contributed by atoms with Gasteiger partial charge in [0.25, 0.3) is 5.56 Å². The van der Waals surface area contributed by atoms with Crippen LogP contribution in [0.3, 0.4) is 0 Å². The molecule has 1 aromatic heterocycles. The number of aromatic amines is 1. The van der Waals surface area contributed by atoms with E-state index in [0.29, 0.717) is 11.3 Å². The number of nitrogens with one attached hydrogen (secondary N) is 1. The molecule has 0 saturated carbocycles. The van der Waals surface area contributed by atoms with Crippen LogP contribution >= 0.6 is 15.9 Å². The number of hydrogen-bond acceptors (Lipinski definition) is 4. The molecule has 1 heterocycles. The first-order valence-electron chi connectivity index (χ1n) is 6.11. The summed E-state index contributed by atoms with van der Waals surface area (Å²) >= 11 is 3.36. The van der Waals surface area contributed by atoms with Crippen molar-refractivity contribution in [1.29, 1.82) is 0 Å². The highest BCUT2D eigenvalue weighted by atomic mass is 79.9. The van der Waals surface area contributed by atoms with Crippen molar-refractivity contribution >= 4 is 15.9 Å². The zero-order chi connectivity index (χ0) is 14.9. The van der Waals surface area contributed by atoms with Crippen LogP contribution in [0.1, 0.15) is 25.3 Å². The number of aromatic hydroxyl groups is 1. The van der Waals surface area contributed by atoms with Crippen molar-refractivity contribution in [1.82, 2.24) is 9.97 Å². The number of rotatable bonds is 3. The SMILES string of the molecule is COc1ccc(Br)cc1-c1nc(O)c(C(C)C)c(=O)[nH]1. The highest BCUT2D eigenvalue weighted by Gasteiger charge is 2.16. The summed E-state index contributed by atoms with van der Waals surface area (Å²) in [5, 5.41) is 9.95. The van der Waals surface area contributed by atoms with E-state index in [-0.39, 0.29) is 28.7 Å². The Hall–Kier alpha value is -1.82. The summed E-state index contributed by atoms with van der Waals surface area (Å²) < 4.78 is 6.07. The van der Waals surface area contributed by atoms with E-state index in [2.05, 4.69) is 25.9 Å². The molecule has 0 atom stereocenters. The van der Waals surface area contributed by atoms with Crippen LogP contribution in [0.4, 0.5) is 0 Å². The lowest BCUT2D eigenvalue weighted by molar-refractivity contribution is 0.415. The molecule has 6 heteroatoms. The summed E-state index contributed by atoms with van der Waals surface area (Å²) in [4.78, 5) is 18.8. The maximum absolute atomic E-state index is 12.1. The van der Waals surface area contributed by atoms with E-state index in [1.54, 1.807) is 12.1 Å². The Morgan fingerprint density at radius 1 is 1.40 bits per heavy atom. The van der Waals surface area contributed by atoms with Crippen molar-refractivity contribution in [3.8, 4) is 23.0 Å². The molecule has 0 aliphatic rings. The van der Waals surface area contributed by atoms with E-state index in [4.69, 9.17) is 4.74 Å². The van der Waals surface area contributed by atoms with E-state index >= 15 is 0 Å². The number of methoxy groups -OCH3 is 1. The molecule has 0 radical (unpaired) electrons. The second kappa shape index (κ2) is 5.66. The minimum Gasteiger partial charge on any atom is -0.496 e. The van der Waals surface area contributed by atoms with E-state index in [0.717, 1.165) is 4.47 Å². The molecule has 1 aromatic carbocycles. The normalized spacial score (nSPS) is 10.8. The lowest BCUT2D eigenvalue weighted by Gasteiger charge is -2.11. The molecular formula is C14H15BrN2O3. The van der Waals surface area contributed by atoms with Crippen molar-refractivity contribution in [3.63, 3.8) is 0 Å². The number of H-pyrrole nitrogens is 1. The van der Waals surface area contributed by atoms with Gasteiger partial charge in [-0.3, -0.25) is 4.79 Å². The van der Waals surface area contributed by atoms with Crippen molar-refractivity contribution in [3.05, 3.63) is 38.6 Å². The van der Waals surface area contributed by atoms with Crippen LogP contribution in [0.5, 0.6) is 11.6 Å². The molecule has 0 amide bonds. The van der Waals surface area contributed by atoms with Crippen LogP contribution in [0, 0.1) is 0 Å². The molecule has 0 aliphatic carbocycles. The standard InChI is InChI=1S/C14H15BrN2O3/c1-7(2)11-13(18)16-12(17-14(11)19)9-6-8(15)4-5-10(9)20-3/h4-7H,1-3H3,(H2,16,17,18,19). The molecule has 0 bridgehead atoms. The summed E-state index contributed by atoms with van der Waals surface area (Å²) in [7, 11) is 1.53. The van der Waals surface area contributed by atoms with Crippen LogP contribution in [-0.4, -0.2) is 22.2 Å². The fourth-order valence-electron chi connectivity index (χ4n) is 1.98. The van der Waals surface area contributed by atoms with E-state index in [9.17, 15) is 9.90 Å². The smallest absolute Gasteiger partial charge is 0.258 e. The minimum atomic E-state index is -0.343. The molecule has 0 unspecified atom stereocenters. The average Bonchev–Trinajstić information content (AvgIpc) is 2.37. The summed E-state index contributed by atoms with van der Waals surface area (Å²) in [6.07, 6.45) is 0. The number of aromatic nitrogens is 2. The first-order valence-corrected chi connectivity index (χ1v) is 6.90. The third kappa shape index (κ3) is 2.70. The van der Waals surface area contributed by atoms with Crippen LogP contribution in [0.2, 0.25) is 0 Å². The maximum Gasteiger partial charge on any atom is 0.258 e. The Balaban J connectivity index is 2.66. The average molecular weight is 339 g/mol. The summed E-state index contributed by atoms with van der Waals surface area (Å²) in [6.45, 7) is 3.65. The Labute approximate surface area is 124 Å². The van der Waals surface area contributed by atoms with Crippen LogP contribution < -0.4 is 10.3 Å². The Kier molecular flexibility index (Phi) is 4.13. The van der Waals surface area contributed by atoms with Gasteiger partial charge in [0.1, 0.15) is 11.6 Å². The maximum atomic E-state index is 12.1. The van der Waals surface area contributed by atoms with Crippen LogP contribution in [0.25, 0.3) is 11.4 Å². The highest BCUT2D eigenvalue weighted by Crippen LogP contribution is 2.31. The zero-order valence-electron chi connectivity index (χ0n) is 11.4. The van der Waals surface area contributed by atoms with Crippen LogP contribution in [0.15, 0.2) is 27.5 Å². The van der Waals surface area contributed by atoms with Gasteiger partial charge in [-0.1, -0.05) is 29.8 Å². The fourth-order valence-corrected chi connectivity index (χ4v) is 2.34. The van der Waals surface area contributed by atoms with Crippen molar-refractivity contribution in [2.75, 3.05) is 7.11 Å². The van der Waals surface area contributed by atoms with Gasteiger partial charge in [0.05, 0.1) is 18.2 Å². The first-order chi connectivity index (χ1) is 9.43. The zero-order valence-corrected chi connectivity index (χ0v) is 13.0. The number of hydrogen-bond donors (Lipinski definition) is 2. The van der Waals surface area contributed by atoms with E-state index in [1.165, 1.54) is 7.11 Å². The van der Waals surface area contributed by atoms with Crippen molar-refractivity contribution in [2.24, 2.45) is 0 Å². The van der Waals surface area contributed by atoms with E-state index in [1.807, 2.05) is 19.9 Å². The second-order valence-corrected chi connectivity index (χ2v) is 5.57. The van der Waals surface area contributed by atoms with Crippen LogP contribution in [-0.2, 0) is 0 Å². The van der Waals surface area contributed by atoms with Gasteiger partial charge in [0.2, 0.25) is 5.88 Å². The molecule has 0 saturated heterocycles. The topological polar surface area (TPSA) is 75.2 Å². The van der Waals surface area contributed by atoms with Crippen molar-refractivity contribution in [2.45, 2.75) is 19.8 Å². The van der Waals surface area contributed by atoms with Gasteiger partial charge in [0, 0.05) is 4.47 Å². The van der Waals surface area contributed by atoms with Gasteiger partial charge in [-0.25, -0.2) is 0 Å². The second-order valence-electron chi connectivity index (χ2n) is 4.65. The molecule has 0 fully saturated rings. The summed E-state index contributed by atoms with van der Waals surface area (Å²) in [6, 6.07) is 5.35. The molecule has 2 aromatic rings. The predicted molar refractivity (Wildman–Crippen MR) is 80.3 cm³/mol. The summed E-state index contributed by atoms with van der Waals surface area (Å²) in [5.74, 6) is 0.480. The third-order valence-corrected chi connectivity index (χ3v) is 3.42. The molecule has 2 rings (SSSR count). The van der Waals surface area contributed by atoms with Crippen molar-refractivity contribution < 1.29 is 9.84 Å². The number of halogens is 1. The summed E-state index contributed by atoms with van der Waals surface area (Å²) in [5.41, 5.74) is 0.539. The molecule has 0 aliphatic heterocycles. The van der Waals surface area contributed by atoms with E-state index < -0.39 is 0 Å². The molecule has 106 valence electrons. The Bertz CT molecular complexity index is 695. The van der Waals surface area contributed by atoms with Gasteiger partial charge >= 0.3 is 0 Å². The molecular weight excluding hydrogens is 324 g/mol. The van der Waals surface area contributed by atoms with Gasteiger partial charge in [-0.05, 0) is 24.1 Å². The molecule has 20 heavy (non-hydrogen) atoms. The van der Waals surface area contributed by atoms with Gasteiger partial charge in [-0.15, -0.1) is 0 Å². The fraction of sp³-hybridized carbons (Fsp3) is 0.286. The molecule has 5 nitrogen and oxygen atoms in total. The monoisotopic (exact) mass is 338 g/mol. The first kappa shape index (κ1) is 14.6. The molecule has 2 N–H and O–H groups in total. The lowest BCUT2D eigenvalue weighted by Crippen LogP contribution is -2.16. The number of nitrogens with zero attached hydrogens (tertiary/aromatic N) is 1. The van der Waals surface area contributed by atoms with Gasteiger partial charge < -0.3 is 14.8 Å². The van der Waals surface area contributed by atoms with Gasteiger partial charge in [-0.2, -0.15) is 4.98 Å². The third-order valence-electron chi connectivity index (χ3n) is 2.93. The highest BCUT2D eigenvalue weighted by molar-refractivity contribution is 9.10. The minimum absolute atomic E-state index is 0.107.